The van der Waals surface area contributed by atoms with Gasteiger partial charge >= 0.3 is 5.91 Å². The summed E-state index contributed by atoms with van der Waals surface area (Å²) in [7, 11) is 0. The molecule has 0 bridgehead atoms. The zero-order valence-corrected chi connectivity index (χ0v) is 13.7. The molecule has 1 aliphatic heterocycles. The smallest absolute Gasteiger partial charge is 0.300 e. The molecule has 0 radical (unpaired) electrons. The number of rotatable bonds is 4. The molecule has 0 aromatic heterocycles. The van der Waals surface area contributed by atoms with Crippen LogP contribution in [0.5, 0.6) is 0 Å². The molecule has 0 saturated heterocycles. The van der Waals surface area contributed by atoms with Gasteiger partial charge in [0.1, 0.15) is 0 Å². The standard InChI is InChI=1S/C17H15BrN2O2/c1-2-11-3-6-13(7-4-11)19-10-20-15-8-5-12(18)9-14(15)16(21)17(20)22/h3-9,19H,2,10H2,1H3. The molecule has 22 heavy (non-hydrogen) atoms. The number of nitrogens with one attached hydrogen (secondary N) is 1. The van der Waals surface area contributed by atoms with Crippen LogP contribution >= 0.6 is 15.9 Å². The van der Waals surface area contributed by atoms with Crippen LogP contribution in [0.25, 0.3) is 0 Å². The van der Waals surface area contributed by atoms with Crippen LogP contribution < -0.4 is 10.2 Å². The average molecular weight is 359 g/mol. The summed E-state index contributed by atoms with van der Waals surface area (Å²) in [5.41, 5.74) is 3.27. The Bertz CT molecular complexity index is 741. The van der Waals surface area contributed by atoms with Crippen LogP contribution in [0.1, 0.15) is 22.8 Å². The van der Waals surface area contributed by atoms with E-state index in [1.54, 1.807) is 12.1 Å². The molecule has 3 rings (SSSR count). The van der Waals surface area contributed by atoms with Gasteiger partial charge in [-0.2, -0.15) is 0 Å². The lowest BCUT2D eigenvalue weighted by Crippen LogP contribution is -2.34. The first kappa shape index (κ1) is 14.8. The van der Waals surface area contributed by atoms with Crippen molar-refractivity contribution in [2.75, 3.05) is 16.9 Å². The Hall–Kier alpha value is -2.14. The van der Waals surface area contributed by atoms with Gasteiger partial charge in [-0.1, -0.05) is 35.0 Å². The van der Waals surface area contributed by atoms with Gasteiger partial charge < -0.3 is 5.32 Å². The minimum Gasteiger partial charge on any atom is -0.367 e. The fourth-order valence-corrected chi connectivity index (χ4v) is 2.82. The lowest BCUT2D eigenvalue weighted by Gasteiger charge is -2.18. The molecule has 1 N–H and O–H groups in total. The molecule has 0 aliphatic carbocycles. The molecule has 0 saturated carbocycles. The van der Waals surface area contributed by atoms with Crippen LogP contribution in [0, 0.1) is 0 Å². The predicted molar refractivity (Wildman–Crippen MR) is 90.3 cm³/mol. The molecular weight excluding hydrogens is 344 g/mol. The third kappa shape index (κ3) is 2.64. The Morgan fingerprint density at radius 1 is 1.09 bits per heavy atom. The number of aryl methyl sites for hydroxylation is 1. The van der Waals surface area contributed by atoms with Gasteiger partial charge in [-0.05, 0) is 42.3 Å². The Kier molecular flexibility index (Phi) is 3.98. The van der Waals surface area contributed by atoms with Crippen molar-refractivity contribution in [1.29, 1.82) is 0 Å². The Balaban J connectivity index is 1.78. The van der Waals surface area contributed by atoms with E-state index in [9.17, 15) is 9.59 Å². The summed E-state index contributed by atoms with van der Waals surface area (Å²) >= 11 is 3.32. The second-order valence-corrected chi connectivity index (χ2v) is 6.02. The number of Topliss-reactive ketones (excluding diaryl/α,β-unsaturated/α-hetero) is 1. The zero-order valence-electron chi connectivity index (χ0n) is 12.1. The van der Waals surface area contributed by atoms with Crippen molar-refractivity contribution in [3.63, 3.8) is 0 Å². The number of amides is 1. The van der Waals surface area contributed by atoms with Crippen molar-refractivity contribution >= 4 is 39.0 Å². The Labute approximate surface area is 137 Å². The van der Waals surface area contributed by atoms with Crippen LogP contribution in [-0.4, -0.2) is 18.4 Å². The van der Waals surface area contributed by atoms with E-state index in [4.69, 9.17) is 0 Å². The number of fused-ring (bicyclic) bond motifs is 1. The molecule has 4 nitrogen and oxygen atoms in total. The van der Waals surface area contributed by atoms with Gasteiger partial charge in [0, 0.05) is 10.2 Å². The molecule has 1 heterocycles. The molecular formula is C17H15BrN2O2. The second-order valence-electron chi connectivity index (χ2n) is 5.11. The van der Waals surface area contributed by atoms with Gasteiger partial charge in [0.2, 0.25) is 0 Å². The number of halogens is 1. The van der Waals surface area contributed by atoms with Crippen LogP contribution in [0.15, 0.2) is 46.9 Å². The van der Waals surface area contributed by atoms with E-state index in [-0.39, 0.29) is 6.67 Å². The van der Waals surface area contributed by atoms with E-state index >= 15 is 0 Å². The molecule has 112 valence electrons. The minimum absolute atomic E-state index is 0.269. The number of anilines is 2. The van der Waals surface area contributed by atoms with Crippen LogP contribution in [-0.2, 0) is 11.2 Å². The maximum atomic E-state index is 12.1. The monoisotopic (exact) mass is 358 g/mol. The van der Waals surface area contributed by atoms with E-state index in [1.807, 2.05) is 30.3 Å². The number of hydrogen-bond donors (Lipinski definition) is 1. The normalized spacial score (nSPS) is 13.5. The van der Waals surface area contributed by atoms with Crippen LogP contribution in [0.4, 0.5) is 11.4 Å². The van der Waals surface area contributed by atoms with Gasteiger partial charge in [0.05, 0.1) is 17.9 Å². The number of benzene rings is 2. The molecule has 0 atom stereocenters. The van der Waals surface area contributed by atoms with Crippen molar-refractivity contribution in [3.05, 3.63) is 58.1 Å². The number of ketones is 1. The molecule has 0 spiro atoms. The van der Waals surface area contributed by atoms with E-state index in [2.05, 4.69) is 28.2 Å². The SMILES string of the molecule is CCc1ccc(NCN2C(=O)C(=O)c3cc(Br)ccc32)cc1. The van der Waals surface area contributed by atoms with Crippen molar-refractivity contribution in [1.82, 2.24) is 0 Å². The lowest BCUT2D eigenvalue weighted by molar-refractivity contribution is -0.114. The van der Waals surface area contributed by atoms with E-state index < -0.39 is 11.7 Å². The topological polar surface area (TPSA) is 49.4 Å². The first-order valence-electron chi connectivity index (χ1n) is 7.08. The first-order valence-corrected chi connectivity index (χ1v) is 7.88. The fourth-order valence-electron chi connectivity index (χ4n) is 2.46. The molecule has 1 aliphatic rings. The maximum Gasteiger partial charge on any atom is 0.300 e. The largest absolute Gasteiger partial charge is 0.367 e. The first-order chi connectivity index (χ1) is 10.6. The highest BCUT2D eigenvalue weighted by Crippen LogP contribution is 2.31. The molecule has 0 unspecified atom stereocenters. The second kappa shape index (κ2) is 5.93. The Morgan fingerprint density at radius 2 is 1.82 bits per heavy atom. The van der Waals surface area contributed by atoms with Gasteiger partial charge in [-0.3, -0.25) is 14.5 Å². The highest BCUT2D eigenvalue weighted by Gasteiger charge is 2.35. The van der Waals surface area contributed by atoms with E-state index in [0.717, 1.165) is 16.6 Å². The quantitative estimate of drug-likeness (QED) is 0.849. The summed E-state index contributed by atoms with van der Waals surface area (Å²) in [5, 5.41) is 3.19. The Morgan fingerprint density at radius 3 is 2.50 bits per heavy atom. The molecule has 1 amide bonds. The average Bonchev–Trinajstić information content (AvgIpc) is 2.77. The van der Waals surface area contributed by atoms with Crippen molar-refractivity contribution in [2.24, 2.45) is 0 Å². The number of carbonyl (C=O) groups excluding carboxylic acids is 2. The molecule has 0 fully saturated rings. The summed E-state index contributed by atoms with van der Waals surface area (Å²) in [6, 6.07) is 13.3. The van der Waals surface area contributed by atoms with Gasteiger partial charge in [-0.15, -0.1) is 0 Å². The highest BCUT2D eigenvalue weighted by atomic mass is 79.9. The van der Waals surface area contributed by atoms with Crippen molar-refractivity contribution < 1.29 is 9.59 Å². The summed E-state index contributed by atoms with van der Waals surface area (Å²) in [4.78, 5) is 25.6. The molecule has 2 aromatic carbocycles. The third-order valence-corrected chi connectivity index (χ3v) is 4.23. The lowest BCUT2D eigenvalue weighted by atomic mass is 10.1. The zero-order chi connectivity index (χ0) is 15.7. The van der Waals surface area contributed by atoms with Gasteiger partial charge in [0.15, 0.2) is 0 Å². The summed E-state index contributed by atoms with van der Waals surface area (Å²) < 4.78 is 0.789. The maximum absolute atomic E-state index is 12.1. The fraction of sp³-hybridized carbons (Fsp3) is 0.176. The van der Waals surface area contributed by atoms with Crippen molar-refractivity contribution in [2.45, 2.75) is 13.3 Å². The summed E-state index contributed by atoms with van der Waals surface area (Å²) in [6.45, 7) is 2.37. The molecule has 5 heteroatoms. The van der Waals surface area contributed by atoms with E-state index in [0.29, 0.717) is 11.3 Å². The van der Waals surface area contributed by atoms with Crippen molar-refractivity contribution in [3.8, 4) is 0 Å². The predicted octanol–water partition coefficient (Wildman–Crippen LogP) is 3.61. The number of carbonyl (C=O) groups is 2. The molecule has 2 aromatic rings. The van der Waals surface area contributed by atoms with Crippen LogP contribution in [0.2, 0.25) is 0 Å². The van der Waals surface area contributed by atoms with E-state index in [1.165, 1.54) is 10.5 Å². The van der Waals surface area contributed by atoms with Gasteiger partial charge in [-0.25, -0.2) is 0 Å². The highest BCUT2D eigenvalue weighted by molar-refractivity contribution is 9.10. The minimum atomic E-state index is -0.495. The number of hydrogen-bond acceptors (Lipinski definition) is 3. The third-order valence-electron chi connectivity index (χ3n) is 3.74. The van der Waals surface area contributed by atoms with Gasteiger partial charge in [0.25, 0.3) is 5.78 Å². The summed E-state index contributed by atoms with van der Waals surface area (Å²) in [5.74, 6) is -0.954. The number of nitrogens with zero attached hydrogens (tertiary/aromatic N) is 1. The van der Waals surface area contributed by atoms with Crippen LogP contribution in [0.3, 0.4) is 0 Å². The summed E-state index contributed by atoms with van der Waals surface area (Å²) in [6.07, 6.45) is 0.988.